The van der Waals surface area contributed by atoms with Crippen molar-refractivity contribution in [1.82, 2.24) is 4.90 Å². The predicted octanol–water partition coefficient (Wildman–Crippen LogP) is 6.64. The lowest BCUT2D eigenvalue weighted by atomic mass is 10.1. The Morgan fingerprint density at radius 3 is 2.45 bits per heavy atom. The van der Waals surface area contributed by atoms with E-state index in [2.05, 4.69) is 5.32 Å². The topological polar surface area (TPSA) is 77.1 Å². The summed E-state index contributed by atoms with van der Waals surface area (Å²) in [5.41, 5.74) is 2.04. The van der Waals surface area contributed by atoms with Crippen LogP contribution in [0.15, 0.2) is 54.6 Å². The molecule has 200 valence electrons. The minimum Gasteiger partial charge on any atom is -0.493 e. The van der Waals surface area contributed by atoms with Gasteiger partial charge in [0.15, 0.2) is 11.5 Å². The number of benzene rings is 3. The van der Waals surface area contributed by atoms with Gasteiger partial charge < -0.3 is 24.4 Å². The number of amides is 2. The van der Waals surface area contributed by atoms with Gasteiger partial charge in [-0.05, 0) is 48.0 Å². The van der Waals surface area contributed by atoms with Crippen LogP contribution in [0, 0.1) is 0 Å². The van der Waals surface area contributed by atoms with Gasteiger partial charge in [0, 0.05) is 33.7 Å². The highest BCUT2D eigenvalue weighted by Gasteiger charge is 2.31. The van der Waals surface area contributed by atoms with E-state index in [1.165, 1.54) is 6.07 Å². The molecule has 1 aliphatic heterocycles. The summed E-state index contributed by atoms with van der Waals surface area (Å²) in [6, 6.07) is 15.4. The van der Waals surface area contributed by atoms with Crippen LogP contribution in [0.1, 0.15) is 17.5 Å². The second-order valence-corrected chi connectivity index (χ2v) is 10.2. The summed E-state index contributed by atoms with van der Waals surface area (Å²) in [7, 11) is 1.54. The summed E-state index contributed by atoms with van der Waals surface area (Å²) in [5.74, 6) is 0.388. The smallest absolute Gasteiger partial charge is 0.252 e. The number of nitrogens with zero attached hydrogens (tertiary/aromatic N) is 1. The predicted molar refractivity (Wildman–Crippen MR) is 149 cm³/mol. The summed E-state index contributed by atoms with van der Waals surface area (Å²) in [5, 5.41) is 4.52. The molecule has 1 fully saturated rings. The number of rotatable bonds is 9. The number of anilines is 1. The first-order valence-electron chi connectivity index (χ1n) is 11.6. The van der Waals surface area contributed by atoms with Crippen molar-refractivity contribution in [2.75, 3.05) is 25.6 Å². The van der Waals surface area contributed by atoms with Crippen LogP contribution in [-0.4, -0.2) is 43.1 Å². The molecule has 38 heavy (non-hydrogen) atoms. The number of carbonyl (C=O) groups is 2. The fourth-order valence-corrected chi connectivity index (χ4v) is 4.82. The fraction of sp³-hybridized carbons (Fsp3) is 0.259. The standard InChI is InChI=1S/C27H24Cl4N2O5/c1-36-24-10-16(2-7-23(24)38-15-17-3-4-18(28)11-20(17)30)14-33-8-9-37-25(27(33)35)13-26(34)32-22-6-5-19(29)12-21(22)31/h2-7,10-12,25H,8-9,13-15H2,1H3,(H,32,34). The van der Waals surface area contributed by atoms with Crippen molar-refractivity contribution in [1.29, 1.82) is 0 Å². The van der Waals surface area contributed by atoms with Gasteiger partial charge in [0.2, 0.25) is 5.91 Å². The molecule has 0 saturated carbocycles. The van der Waals surface area contributed by atoms with Gasteiger partial charge in [-0.25, -0.2) is 0 Å². The summed E-state index contributed by atoms with van der Waals surface area (Å²) >= 11 is 24.2. The van der Waals surface area contributed by atoms with Crippen LogP contribution >= 0.6 is 46.4 Å². The summed E-state index contributed by atoms with van der Waals surface area (Å²) in [4.78, 5) is 27.3. The highest BCUT2D eigenvalue weighted by molar-refractivity contribution is 6.36. The molecule has 0 radical (unpaired) electrons. The summed E-state index contributed by atoms with van der Waals surface area (Å²) in [6.07, 6.45) is -1.04. The zero-order valence-corrected chi connectivity index (χ0v) is 23.3. The molecule has 1 aliphatic rings. The maximum atomic E-state index is 13.1. The molecule has 3 aromatic rings. The van der Waals surface area contributed by atoms with E-state index in [0.29, 0.717) is 57.0 Å². The van der Waals surface area contributed by atoms with E-state index in [1.54, 1.807) is 48.4 Å². The number of morpholine rings is 1. The molecule has 1 heterocycles. The Balaban J connectivity index is 1.36. The van der Waals surface area contributed by atoms with Gasteiger partial charge >= 0.3 is 0 Å². The van der Waals surface area contributed by atoms with Crippen molar-refractivity contribution in [3.63, 3.8) is 0 Å². The Hall–Kier alpha value is -2.68. The minimum absolute atomic E-state index is 0.141. The Bertz CT molecular complexity index is 1340. The molecular formula is C27H24Cl4N2O5. The Morgan fingerprint density at radius 2 is 1.74 bits per heavy atom. The molecule has 2 amide bonds. The van der Waals surface area contributed by atoms with E-state index in [-0.39, 0.29) is 18.9 Å². The third kappa shape index (κ3) is 7.24. The quantitative estimate of drug-likeness (QED) is 0.299. The van der Waals surface area contributed by atoms with Crippen LogP contribution in [0.4, 0.5) is 5.69 Å². The van der Waals surface area contributed by atoms with Crippen molar-refractivity contribution in [3.8, 4) is 11.5 Å². The van der Waals surface area contributed by atoms with E-state index in [1.807, 2.05) is 12.1 Å². The van der Waals surface area contributed by atoms with Crippen LogP contribution < -0.4 is 14.8 Å². The fourth-order valence-electron chi connectivity index (χ4n) is 3.90. The number of ether oxygens (including phenoxy) is 3. The lowest BCUT2D eigenvalue weighted by Crippen LogP contribution is -2.48. The van der Waals surface area contributed by atoms with Crippen molar-refractivity contribution in [2.45, 2.75) is 25.7 Å². The van der Waals surface area contributed by atoms with Crippen molar-refractivity contribution < 1.29 is 23.8 Å². The number of hydrogen-bond donors (Lipinski definition) is 1. The van der Waals surface area contributed by atoms with Crippen LogP contribution in [0.5, 0.6) is 11.5 Å². The summed E-state index contributed by atoms with van der Waals surface area (Å²) < 4.78 is 17.0. The first-order valence-corrected chi connectivity index (χ1v) is 13.1. The van der Waals surface area contributed by atoms with Crippen LogP contribution in [-0.2, 0) is 27.5 Å². The number of nitrogens with one attached hydrogen (secondary N) is 1. The van der Waals surface area contributed by atoms with Gasteiger partial charge in [-0.3, -0.25) is 9.59 Å². The number of carbonyl (C=O) groups excluding carboxylic acids is 2. The first-order chi connectivity index (χ1) is 18.2. The third-order valence-corrected chi connectivity index (χ3v) is 6.98. The van der Waals surface area contributed by atoms with Crippen LogP contribution in [0.25, 0.3) is 0 Å². The Labute approximate surface area is 240 Å². The second kappa shape index (κ2) is 12.9. The largest absolute Gasteiger partial charge is 0.493 e. The molecule has 0 aromatic heterocycles. The number of halogens is 4. The SMILES string of the molecule is COc1cc(CN2CCOC(CC(=O)Nc3ccc(Cl)cc3Cl)C2=O)ccc1OCc1ccc(Cl)cc1Cl. The molecule has 0 aliphatic carbocycles. The minimum atomic E-state index is -0.900. The van der Waals surface area contributed by atoms with E-state index < -0.39 is 12.0 Å². The van der Waals surface area contributed by atoms with Gasteiger partial charge in [0.05, 0.1) is 30.8 Å². The Kier molecular flexibility index (Phi) is 9.63. The maximum Gasteiger partial charge on any atom is 0.252 e. The molecule has 1 saturated heterocycles. The summed E-state index contributed by atoms with van der Waals surface area (Å²) in [6.45, 7) is 1.27. The van der Waals surface area contributed by atoms with E-state index in [9.17, 15) is 9.59 Å². The highest BCUT2D eigenvalue weighted by atomic mass is 35.5. The van der Waals surface area contributed by atoms with Crippen molar-refractivity contribution in [2.24, 2.45) is 0 Å². The monoisotopic (exact) mass is 596 g/mol. The van der Waals surface area contributed by atoms with Crippen LogP contribution in [0.2, 0.25) is 20.1 Å². The second-order valence-electron chi connectivity index (χ2n) is 8.51. The van der Waals surface area contributed by atoms with Gasteiger partial charge in [-0.15, -0.1) is 0 Å². The van der Waals surface area contributed by atoms with Crippen LogP contribution in [0.3, 0.4) is 0 Å². The average Bonchev–Trinajstić information content (AvgIpc) is 2.88. The molecule has 1 unspecified atom stereocenters. The molecule has 3 aromatic carbocycles. The lowest BCUT2D eigenvalue weighted by molar-refractivity contribution is -0.155. The lowest BCUT2D eigenvalue weighted by Gasteiger charge is -2.32. The van der Waals surface area contributed by atoms with E-state index in [0.717, 1.165) is 11.1 Å². The molecule has 7 nitrogen and oxygen atoms in total. The van der Waals surface area contributed by atoms with E-state index >= 15 is 0 Å². The zero-order chi connectivity index (χ0) is 27.2. The average molecular weight is 598 g/mol. The molecule has 4 rings (SSSR count). The van der Waals surface area contributed by atoms with Crippen molar-refractivity contribution >= 4 is 63.9 Å². The molecule has 1 atom stereocenters. The van der Waals surface area contributed by atoms with Gasteiger partial charge in [-0.2, -0.15) is 0 Å². The molecule has 11 heteroatoms. The zero-order valence-electron chi connectivity index (χ0n) is 20.3. The maximum absolute atomic E-state index is 13.1. The van der Waals surface area contributed by atoms with Gasteiger partial charge in [0.1, 0.15) is 12.7 Å². The van der Waals surface area contributed by atoms with Gasteiger partial charge in [0.25, 0.3) is 5.91 Å². The molecule has 0 bridgehead atoms. The van der Waals surface area contributed by atoms with Gasteiger partial charge in [-0.1, -0.05) is 58.5 Å². The third-order valence-electron chi connectivity index (χ3n) is 5.84. The van der Waals surface area contributed by atoms with E-state index in [4.69, 9.17) is 60.6 Å². The normalized spacial score (nSPS) is 15.3. The molecule has 1 N–H and O–H groups in total. The number of hydrogen-bond acceptors (Lipinski definition) is 5. The van der Waals surface area contributed by atoms with Crippen molar-refractivity contribution in [3.05, 3.63) is 85.8 Å². The number of methoxy groups -OCH3 is 1. The molecule has 0 spiro atoms. The first kappa shape index (κ1) is 28.3. The Morgan fingerprint density at radius 1 is 1.00 bits per heavy atom. The highest BCUT2D eigenvalue weighted by Crippen LogP contribution is 2.31. The molecular weight excluding hydrogens is 574 g/mol.